The largest absolute Gasteiger partial charge is 0.465 e. The Kier molecular flexibility index (Phi) is 6.89. The maximum atomic E-state index is 9.51. The standard InChI is InChI=1S/C5H10O4/c6-1-2-8-3-4-9-5-7/h5-6H,1-4H2. The van der Waals surface area contributed by atoms with E-state index in [9.17, 15) is 4.79 Å². The molecule has 0 aromatic rings. The molecule has 4 nitrogen and oxygen atoms in total. The Morgan fingerprint density at radius 2 is 2.11 bits per heavy atom. The van der Waals surface area contributed by atoms with E-state index in [0.29, 0.717) is 19.7 Å². The minimum absolute atomic E-state index is 0.00108. The summed E-state index contributed by atoms with van der Waals surface area (Å²) in [6.45, 7) is 1.26. The van der Waals surface area contributed by atoms with Crippen LogP contribution in [-0.4, -0.2) is 38.0 Å². The van der Waals surface area contributed by atoms with Crippen LogP contribution in [0.2, 0.25) is 0 Å². The highest BCUT2D eigenvalue weighted by Gasteiger charge is 1.84. The maximum Gasteiger partial charge on any atom is 0.293 e. The summed E-state index contributed by atoms with van der Waals surface area (Å²) in [5.74, 6) is 0. The first kappa shape index (κ1) is 8.39. The molecule has 0 aliphatic rings. The minimum atomic E-state index is 0.00108. The van der Waals surface area contributed by atoms with Crippen molar-refractivity contribution in [3.05, 3.63) is 0 Å². The van der Waals surface area contributed by atoms with Crippen LogP contribution in [0.1, 0.15) is 0 Å². The van der Waals surface area contributed by atoms with Gasteiger partial charge in [0.05, 0.1) is 19.8 Å². The molecule has 0 heterocycles. The van der Waals surface area contributed by atoms with Gasteiger partial charge in [-0.25, -0.2) is 0 Å². The van der Waals surface area contributed by atoms with Crippen molar-refractivity contribution in [2.75, 3.05) is 26.4 Å². The number of aliphatic hydroxyl groups is 1. The molecular weight excluding hydrogens is 124 g/mol. The first-order valence-electron chi connectivity index (χ1n) is 2.65. The van der Waals surface area contributed by atoms with E-state index in [1.165, 1.54) is 0 Å². The van der Waals surface area contributed by atoms with E-state index < -0.39 is 0 Å². The third-order valence-corrected chi connectivity index (χ3v) is 0.649. The van der Waals surface area contributed by atoms with E-state index >= 15 is 0 Å². The molecule has 4 heteroatoms. The third-order valence-electron chi connectivity index (χ3n) is 0.649. The number of carbonyl (C=O) groups excluding carboxylic acids is 1. The molecule has 0 amide bonds. The zero-order valence-corrected chi connectivity index (χ0v) is 5.08. The monoisotopic (exact) mass is 134 g/mol. The van der Waals surface area contributed by atoms with Crippen molar-refractivity contribution < 1.29 is 19.4 Å². The smallest absolute Gasteiger partial charge is 0.293 e. The van der Waals surface area contributed by atoms with Gasteiger partial charge in [0.15, 0.2) is 0 Å². The van der Waals surface area contributed by atoms with Crippen molar-refractivity contribution in [2.24, 2.45) is 0 Å². The Bertz CT molecular complexity index is 64.0. The fraction of sp³-hybridized carbons (Fsp3) is 0.800. The van der Waals surface area contributed by atoms with Gasteiger partial charge >= 0.3 is 0 Å². The SMILES string of the molecule is O=COCCOCCO. The minimum Gasteiger partial charge on any atom is -0.465 e. The number of aliphatic hydroxyl groups excluding tert-OH is 1. The quantitative estimate of drug-likeness (QED) is 0.380. The second kappa shape index (κ2) is 7.39. The van der Waals surface area contributed by atoms with E-state index in [-0.39, 0.29) is 13.2 Å². The maximum absolute atomic E-state index is 9.51. The molecule has 0 rings (SSSR count). The van der Waals surface area contributed by atoms with E-state index in [1.54, 1.807) is 0 Å². The zero-order valence-electron chi connectivity index (χ0n) is 5.08. The lowest BCUT2D eigenvalue weighted by molar-refractivity contribution is -0.130. The molecule has 0 aromatic heterocycles. The van der Waals surface area contributed by atoms with Gasteiger partial charge in [-0.3, -0.25) is 4.79 Å². The highest BCUT2D eigenvalue weighted by molar-refractivity contribution is 5.36. The summed E-state index contributed by atoms with van der Waals surface area (Å²) in [4.78, 5) is 9.51. The number of hydrogen-bond donors (Lipinski definition) is 1. The van der Waals surface area contributed by atoms with Gasteiger partial charge in [0.1, 0.15) is 6.61 Å². The summed E-state index contributed by atoms with van der Waals surface area (Å²) >= 11 is 0. The van der Waals surface area contributed by atoms with Gasteiger partial charge in [-0.15, -0.1) is 0 Å². The van der Waals surface area contributed by atoms with Gasteiger partial charge in [0.25, 0.3) is 6.47 Å². The molecule has 9 heavy (non-hydrogen) atoms. The molecule has 0 saturated heterocycles. The second-order valence-corrected chi connectivity index (χ2v) is 1.30. The average Bonchev–Trinajstić information content (AvgIpc) is 1.89. The Morgan fingerprint density at radius 1 is 1.33 bits per heavy atom. The summed E-state index contributed by atoms with van der Waals surface area (Å²) in [6.07, 6.45) is 0. The summed E-state index contributed by atoms with van der Waals surface area (Å²) in [5.41, 5.74) is 0. The molecule has 0 atom stereocenters. The molecule has 0 radical (unpaired) electrons. The Labute approximate surface area is 53.4 Å². The van der Waals surface area contributed by atoms with Crippen LogP contribution in [0.25, 0.3) is 0 Å². The molecule has 1 N–H and O–H groups in total. The van der Waals surface area contributed by atoms with Crippen molar-refractivity contribution in [2.45, 2.75) is 0 Å². The number of ether oxygens (including phenoxy) is 2. The first-order valence-corrected chi connectivity index (χ1v) is 2.65. The third kappa shape index (κ3) is 7.39. The predicted octanol–water partition coefficient (Wildman–Crippen LogP) is -0.832. The van der Waals surface area contributed by atoms with Gasteiger partial charge in [0, 0.05) is 0 Å². The molecule has 0 aromatic carbocycles. The zero-order chi connectivity index (χ0) is 6.95. The van der Waals surface area contributed by atoms with E-state index in [0.717, 1.165) is 0 Å². The van der Waals surface area contributed by atoms with Crippen LogP contribution in [0.3, 0.4) is 0 Å². The molecular formula is C5H10O4. The second-order valence-electron chi connectivity index (χ2n) is 1.30. The van der Waals surface area contributed by atoms with E-state index in [4.69, 9.17) is 9.84 Å². The van der Waals surface area contributed by atoms with Crippen molar-refractivity contribution in [1.29, 1.82) is 0 Å². The molecule has 0 bridgehead atoms. The topological polar surface area (TPSA) is 55.8 Å². The van der Waals surface area contributed by atoms with Crippen molar-refractivity contribution in [1.82, 2.24) is 0 Å². The highest BCUT2D eigenvalue weighted by atomic mass is 16.5. The fourth-order valence-corrected chi connectivity index (χ4v) is 0.322. The van der Waals surface area contributed by atoms with Crippen molar-refractivity contribution in [3.8, 4) is 0 Å². The van der Waals surface area contributed by atoms with Crippen LogP contribution in [0, 0.1) is 0 Å². The molecule has 0 aliphatic carbocycles. The molecule has 54 valence electrons. The number of carbonyl (C=O) groups is 1. The van der Waals surface area contributed by atoms with Gasteiger partial charge in [-0.1, -0.05) is 0 Å². The van der Waals surface area contributed by atoms with Crippen LogP contribution in [-0.2, 0) is 14.3 Å². The van der Waals surface area contributed by atoms with Crippen LogP contribution in [0.4, 0.5) is 0 Å². The van der Waals surface area contributed by atoms with Gasteiger partial charge in [0.2, 0.25) is 0 Å². The van der Waals surface area contributed by atoms with E-state index in [1.807, 2.05) is 0 Å². The average molecular weight is 134 g/mol. The van der Waals surface area contributed by atoms with E-state index in [2.05, 4.69) is 4.74 Å². The molecule has 0 unspecified atom stereocenters. The summed E-state index contributed by atoms with van der Waals surface area (Å²) in [6, 6.07) is 0. The first-order chi connectivity index (χ1) is 4.41. The fourth-order valence-electron chi connectivity index (χ4n) is 0.322. The number of rotatable bonds is 6. The number of hydrogen-bond acceptors (Lipinski definition) is 4. The van der Waals surface area contributed by atoms with Gasteiger partial charge in [-0.05, 0) is 0 Å². The predicted molar refractivity (Wildman–Crippen MR) is 29.9 cm³/mol. The summed E-state index contributed by atoms with van der Waals surface area (Å²) < 4.78 is 9.04. The van der Waals surface area contributed by atoms with Gasteiger partial charge in [-0.2, -0.15) is 0 Å². The molecule has 0 saturated carbocycles. The van der Waals surface area contributed by atoms with Gasteiger partial charge < -0.3 is 14.6 Å². The van der Waals surface area contributed by atoms with Crippen LogP contribution in [0.15, 0.2) is 0 Å². The van der Waals surface area contributed by atoms with Crippen LogP contribution < -0.4 is 0 Å². The van der Waals surface area contributed by atoms with Crippen molar-refractivity contribution >= 4 is 6.47 Å². The lowest BCUT2D eigenvalue weighted by Gasteiger charge is -1.98. The Morgan fingerprint density at radius 3 is 2.67 bits per heavy atom. The van der Waals surface area contributed by atoms with Crippen LogP contribution >= 0.6 is 0 Å². The highest BCUT2D eigenvalue weighted by Crippen LogP contribution is 1.73. The summed E-state index contributed by atoms with van der Waals surface area (Å²) in [5, 5.41) is 8.19. The Balaban J connectivity index is 2.66. The molecule has 0 spiro atoms. The Hall–Kier alpha value is -0.610. The molecule has 0 fully saturated rings. The summed E-state index contributed by atoms with van der Waals surface area (Å²) in [7, 11) is 0. The van der Waals surface area contributed by atoms with Crippen LogP contribution in [0.5, 0.6) is 0 Å². The normalized spacial score (nSPS) is 9.00. The van der Waals surface area contributed by atoms with Crippen molar-refractivity contribution in [3.63, 3.8) is 0 Å². The lowest BCUT2D eigenvalue weighted by atomic mass is 10.7. The lowest BCUT2D eigenvalue weighted by Crippen LogP contribution is -2.06. The molecule has 0 aliphatic heterocycles.